The van der Waals surface area contributed by atoms with Crippen LogP contribution in [0.1, 0.15) is 48.5 Å². The Balaban J connectivity index is 1.63. The van der Waals surface area contributed by atoms with Crippen molar-refractivity contribution < 1.29 is 4.79 Å². The van der Waals surface area contributed by atoms with E-state index in [1.54, 1.807) is 0 Å². The molecule has 0 unspecified atom stereocenters. The first-order chi connectivity index (χ1) is 9.13. The number of carbonyl (C=O) groups excluding carboxylic acids is 1. The summed E-state index contributed by atoms with van der Waals surface area (Å²) in [7, 11) is 0. The van der Waals surface area contributed by atoms with Crippen LogP contribution in [0.25, 0.3) is 0 Å². The first-order valence-corrected chi connectivity index (χ1v) is 7.51. The van der Waals surface area contributed by atoms with Crippen molar-refractivity contribution in [2.45, 2.75) is 45.6 Å². The molecule has 1 aromatic carbocycles. The first kappa shape index (κ1) is 12.7. The minimum absolute atomic E-state index is 0.0824. The Morgan fingerprint density at radius 1 is 1.32 bits per heavy atom. The van der Waals surface area contributed by atoms with Crippen LogP contribution >= 0.6 is 0 Å². The molecule has 0 radical (unpaired) electrons. The van der Waals surface area contributed by atoms with E-state index in [0.717, 1.165) is 23.0 Å². The second-order valence-corrected chi connectivity index (χ2v) is 6.47. The van der Waals surface area contributed by atoms with Gasteiger partial charge >= 0.3 is 0 Å². The van der Waals surface area contributed by atoms with E-state index >= 15 is 0 Å². The summed E-state index contributed by atoms with van der Waals surface area (Å²) in [6, 6.07) is 8.14. The summed E-state index contributed by atoms with van der Waals surface area (Å²) in [5, 5.41) is 3.21. The van der Waals surface area contributed by atoms with Crippen LogP contribution in [0.2, 0.25) is 0 Å². The number of rotatable bonds is 3. The summed E-state index contributed by atoms with van der Waals surface area (Å²) < 4.78 is 0. The van der Waals surface area contributed by atoms with Crippen LogP contribution < -0.4 is 5.32 Å². The Bertz CT molecular complexity index is 482. The zero-order valence-corrected chi connectivity index (χ0v) is 11.9. The fraction of sp³-hybridized carbons (Fsp3) is 0.588. The molecule has 2 fully saturated rings. The Labute approximate surface area is 115 Å². The van der Waals surface area contributed by atoms with Crippen molar-refractivity contribution in [3.05, 3.63) is 35.4 Å². The minimum atomic E-state index is 0.0824. The van der Waals surface area contributed by atoms with E-state index in [4.69, 9.17) is 0 Å². The number of nitrogens with one attached hydrogen (secondary N) is 1. The van der Waals surface area contributed by atoms with Gasteiger partial charge in [-0.25, -0.2) is 0 Å². The van der Waals surface area contributed by atoms with E-state index in [1.807, 2.05) is 31.2 Å². The lowest BCUT2D eigenvalue weighted by Crippen LogP contribution is -2.40. The molecule has 0 heterocycles. The lowest BCUT2D eigenvalue weighted by atomic mass is 9.84. The van der Waals surface area contributed by atoms with Crippen molar-refractivity contribution in [3.8, 4) is 0 Å². The van der Waals surface area contributed by atoms with Crippen LogP contribution in [0.15, 0.2) is 24.3 Å². The van der Waals surface area contributed by atoms with Crippen LogP contribution in [0.4, 0.5) is 0 Å². The standard InChI is InChI=1S/C17H23NO/c1-11-4-3-5-15(8-11)17(19)18-12(2)16-10-13-6-7-14(16)9-13/h3-5,8,12-14,16H,6-7,9-10H2,1-2H3,(H,18,19)/t12-,13-,14-,16-/m1/s1. The summed E-state index contributed by atoms with van der Waals surface area (Å²) in [5.41, 5.74) is 1.93. The number of carbonyl (C=O) groups is 1. The average molecular weight is 257 g/mol. The zero-order valence-electron chi connectivity index (χ0n) is 11.9. The topological polar surface area (TPSA) is 29.1 Å². The molecule has 2 aliphatic carbocycles. The number of hydrogen-bond donors (Lipinski definition) is 1. The SMILES string of the molecule is Cc1cccc(C(=O)N[C@H](C)[C@H]2C[C@@H]3CC[C@@H]2C3)c1. The monoisotopic (exact) mass is 257 g/mol. The summed E-state index contributed by atoms with van der Waals surface area (Å²) in [6.45, 7) is 4.20. The predicted molar refractivity (Wildman–Crippen MR) is 77.0 cm³/mol. The van der Waals surface area contributed by atoms with Crippen molar-refractivity contribution in [1.82, 2.24) is 5.32 Å². The highest BCUT2D eigenvalue weighted by molar-refractivity contribution is 5.94. The number of benzene rings is 1. The van der Waals surface area contributed by atoms with E-state index in [1.165, 1.54) is 25.7 Å². The van der Waals surface area contributed by atoms with E-state index in [-0.39, 0.29) is 5.91 Å². The Morgan fingerprint density at radius 2 is 2.16 bits per heavy atom. The molecule has 1 N–H and O–H groups in total. The Morgan fingerprint density at radius 3 is 2.79 bits per heavy atom. The van der Waals surface area contributed by atoms with Crippen LogP contribution in [0.5, 0.6) is 0 Å². The van der Waals surface area contributed by atoms with Crippen LogP contribution in [-0.2, 0) is 0 Å². The molecule has 2 aliphatic rings. The van der Waals surface area contributed by atoms with Gasteiger partial charge in [0.1, 0.15) is 0 Å². The molecule has 0 aromatic heterocycles. The van der Waals surface area contributed by atoms with Gasteiger partial charge in [0.15, 0.2) is 0 Å². The largest absolute Gasteiger partial charge is 0.349 e. The van der Waals surface area contributed by atoms with Gasteiger partial charge in [-0.2, -0.15) is 0 Å². The van der Waals surface area contributed by atoms with Crippen molar-refractivity contribution in [2.24, 2.45) is 17.8 Å². The molecule has 0 saturated heterocycles. The Hall–Kier alpha value is -1.31. The minimum Gasteiger partial charge on any atom is -0.349 e. The normalized spacial score (nSPS) is 30.3. The summed E-state index contributed by atoms with van der Waals surface area (Å²) in [5.74, 6) is 2.58. The van der Waals surface area contributed by atoms with E-state index < -0.39 is 0 Å². The van der Waals surface area contributed by atoms with E-state index in [0.29, 0.717) is 12.0 Å². The third-order valence-electron chi connectivity index (χ3n) is 5.07. The molecular formula is C17H23NO. The zero-order chi connectivity index (χ0) is 13.4. The smallest absolute Gasteiger partial charge is 0.251 e. The Kier molecular flexibility index (Phi) is 3.34. The van der Waals surface area contributed by atoms with E-state index in [9.17, 15) is 4.79 Å². The second kappa shape index (κ2) is 4.99. The molecular weight excluding hydrogens is 234 g/mol. The highest BCUT2D eigenvalue weighted by Crippen LogP contribution is 2.49. The maximum atomic E-state index is 12.3. The van der Waals surface area contributed by atoms with Gasteiger partial charge in [-0.15, -0.1) is 0 Å². The molecule has 102 valence electrons. The van der Waals surface area contributed by atoms with E-state index in [2.05, 4.69) is 12.2 Å². The first-order valence-electron chi connectivity index (χ1n) is 7.51. The second-order valence-electron chi connectivity index (χ2n) is 6.47. The maximum absolute atomic E-state index is 12.3. The summed E-state index contributed by atoms with van der Waals surface area (Å²) >= 11 is 0. The van der Waals surface area contributed by atoms with Crippen LogP contribution in [0, 0.1) is 24.7 Å². The van der Waals surface area contributed by atoms with Gasteiger partial charge in [-0.1, -0.05) is 24.1 Å². The van der Waals surface area contributed by atoms with Crippen molar-refractivity contribution >= 4 is 5.91 Å². The van der Waals surface area contributed by atoms with Crippen molar-refractivity contribution in [2.75, 3.05) is 0 Å². The summed E-state index contributed by atoms with van der Waals surface area (Å²) in [6.07, 6.45) is 5.51. The molecule has 19 heavy (non-hydrogen) atoms. The van der Waals surface area contributed by atoms with Gasteiger partial charge in [-0.3, -0.25) is 4.79 Å². The van der Waals surface area contributed by atoms with Gasteiger partial charge in [0.2, 0.25) is 0 Å². The fourth-order valence-corrected chi connectivity index (χ4v) is 4.09. The third-order valence-corrected chi connectivity index (χ3v) is 5.07. The van der Waals surface area contributed by atoms with Gasteiger partial charge in [0.25, 0.3) is 5.91 Å². The molecule has 0 spiro atoms. The van der Waals surface area contributed by atoms with Gasteiger partial charge in [-0.05, 0) is 63.0 Å². The van der Waals surface area contributed by atoms with Crippen molar-refractivity contribution in [3.63, 3.8) is 0 Å². The predicted octanol–water partition coefficient (Wildman–Crippen LogP) is 3.55. The maximum Gasteiger partial charge on any atom is 0.251 e. The molecule has 1 amide bonds. The number of amides is 1. The number of fused-ring (bicyclic) bond motifs is 2. The molecule has 2 nitrogen and oxygen atoms in total. The lowest BCUT2D eigenvalue weighted by Gasteiger charge is -2.28. The number of aryl methyl sites for hydroxylation is 1. The highest BCUT2D eigenvalue weighted by atomic mass is 16.1. The molecule has 2 saturated carbocycles. The third kappa shape index (κ3) is 2.54. The van der Waals surface area contributed by atoms with Crippen molar-refractivity contribution in [1.29, 1.82) is 0 Å². The van der Waals surface area contributed by atoms with Gasteiger partial charge in [0, 0.05) is 11.6 Å². The molecule has 4 atom stereocenters. The highest BCUT2D eigenvalue weighted by Gasteiger charge is 2.42. The quantitative estimate of drug-likeness (QED) is 0.881. The van der Waals surface area contributed by atoms with Gasteiger partial charge in [0.05, 0.1) is 0 Å². The molecule has 2 heteroatoms. The number of hydrogen-bond acceptors (Lipinski definition) is 1. The molecule has 2 bridgehead atoms. The fourth-order valence-electron chi connectivity index (χ4n) is 4.09. The molecule has 1 aromatic rings. The summed E-state index contributed by atoms with van der Waals surface area (Å²) in [4.78, 5) is 12.3. The lowest BCUT2D eigenvalue weighted by molar-refractivity contribution is 0.0915. The van der Waals surface area contributed by atoms with Crippen LogP contribution in [-0.4, -0.2) is 11.9 Å². The van der Waals surface area contributed by atoms with Crippen LogP contribution in [0.3, 0.4) is 0 Å². The molecule has 3 rings (SSSR count). The van der Waals surface area contributed by atoms with Gasteiger partial charge < -0.3 is 5.32 Å². The average Bonchev–Trinajstić information content (AvgIpc) is 3.00. The molecule has 0 aliphatic heterocycles.